The van der Waals surface area contributed by atoms with Crippen molar-refractivity contribution in [3.8, 4) is 0 Å². The van der Waals surface area contributed by atoms with E-state index >= 15 is 0 Å². The number of thiazole rings is 1. The molecular weight excluding hydrogens is 308 g/mol. The second-order valence-corrected chi connectivity index (χ2v) is 8.55. The standard InChI is InChI=1S/C13H24N4O2S2/c1-10-7-15-13(20-10)11(2)16-21(18,19)17-6-4-5-12(9-17)8-14-3/h7,11-12,14,16H,4-6,8-9H2,1-3H3. The van der Waals surface area contributed by atoms with E-state index in [1.54, 1.807) is 10.5 Å². The molecule has 21 heavy (non-hydrogen) atoms. The van der Waals surface area contributed by atoms with Crippen LogP contribution in [0.15, 0.2) is 6.20 Å². The molecule has 0 aromatic carbocycles. The third kappa shape index (κ3) is 4.46. The SMILES string of the molecule is CNCC1CCCN(S(=O)(=O)NC(C)c2ncc(C)s2)C1. The first-order chi connectivity index (χ1) is 9.92. The average Bonchev–Trinajstić information content (AvgIpc) is 2.86. The molecule has 2 N–H and O–H groups in total. The second-order valence-electron chi connectivity index (χ2n) is 5.58. The predicted molar refractivity (Wildman–Crippen MR) is 85.5 cm³/mol. The molecule has 1 fully saturated rings. The highest BCUT2D eigenvalue weighted by Gasteiger charge is 2.30. The maximum atomic E-state index is 12.5. The van der Waals surface area contributed by atoms with Gasteiger partial charge in [0.15, 0.2) is 0 Å². The van der Waals surface area contributed by atoms with Crippen LogP contribution in [0.5, 0.6) is 0 Å². The molecule has 0 bridgehead atoms. The van der Waals surface area contributed by atoms with E-state index in [0.29, 0.717) is 19.0 Å². The third-order valence-corrected chi connectivity index (χ3v) is 6.41. The summed E-state index contributed by atoms with van der Waals surface area (Å²) in [5.41, 5.74) is 0. The summed E-state index contributed by atoms with van der Waals surface area (Å²) in [6.07, 6.45) is 3.76. The molecule has 0 aliphatic carbocycles. The Balaban J connectivity index is 2.00. The van der Waals surface area contributed by atoms with Crippen molar-refractivity contribution in [3.05, 3.63) is 16.1 Å². The minimum Gasteiger partial charge on any atom is -0.319 e. The van der Waals surface area contributed by atoms with E-state index in [1.165, 1.54) is 11.3 Å². The molecule has 2 heterocycles. The number of nitrogens with zero attached hydrogens (tertiary/aromatic N) is 2. The molecule has 1 aliphatic heterocycles. The summed E-state index contributed by atoms with van der Waals surface area (Å²) in [6, 6.07) is -0.293. The van der Waals surface area contributed by atoms with Crippen LogP contribution in [-0.2, 0) is 10.2 Å². The van der Waals surface area contributed by atoms with Gasteiger partial charge in [-0.05, 0) is 46.2 Å². The van der Waals surface area contributed by atoms with E-state index in [0.717, 1.165) is 29.3 Å². The molecule has 1 aromatic rings. The van der Waals surface area contributed by atoms with Crippen molar-refractivity contribution in [3.63, 3.8) is 0 Å². The summed E-state index contributed by atoms with van der Waals surface area (Å²) in [4.78, 5) is 5.34. The number of nitrogens with one attached hydrogen (secondary N) is 2. The van der Waals surface area contributed by atoms with Crippen molar-refractivity contribution < 1.29 is 8.42 Å². The van der Waals surface area contributed by atoms with Gasteiger partial charge in [-0.1, -0.05) is 0 Å². The highest BCUT2D eigenvalue weighted by Crippen LogP contribution is 2.22. The Hall–Kier alpha value is -0.540. The zero-order chi connectivity index (χ0) is 15.5. The van der Waals surface area contributed by atoms with Crippen LogP contribution < -0.4 is 10.0 Å². The summed E-state index contributed by atoms with van der Waals surface area (Å²) in [7, 11) is -1.55. The van der Waals surface area contributed by atoms with Gasteiger partial charge in [0, 0.05) is 24.2 Å². The number of hydrogen-bond acceptors (Lipinski definition) is 5. The molecule has 1 saturated heterocycles. The van der Waals surface area contributed by atoms with Crippen molar-refractivity contribution in [2.24, 2.45) is 5.92 Å². The molecule has 2 atom stereocenters. The highest BCUT2D eigenvalue weighted by molar-refractivity contribution is 7.87. The maximum absolute atomic E-state index is 12.5. The lowest BCUT2D eigenvalue weighted by molar-refractivity contribution is 0.260. The lowest BCUT2D eigenvalue weighted by atomic mass is 10.00. The van der Waals surface area contributed by atoms with Gasteiger partial charge in [0.2, 0.25) is 0 Å². The molecule has 120 valence electrons. The number of rotatable bonds is 6. The lowest BCUT2D eigenvalue weighted by Gasteiger charge is -2.32. The second kappa shape index (κ2) is 7.15. The molecule has 6 nitrogen and oxygen atoms in total. The highest BCUT2D eigenvalue weighted by atomic mass is 32.2. The van der Waals surface area contributed by atoms with E-state index in [2.05, 4.69) is 15.0 Å². The van der Waals surface area contributed by atoms with Crippen molar-refractivity contribution in [2.75, 3.05) is 26.7 Å². The van der Waals surface area contributed by atoms with Crippen LogP contribution in [0.4, 0.5) is 0 Å². The van der Waals surface area contributed by atoms with Crippen LogP contribution in [0, 0.1) is 12.8 Å². The third-order valence-electron chi connectivity index (χ3n) is 3.65. The van der Waals surface area contributed by atoms with Gasteiger partial charge in [0.1, 0.15) is 5.01 Å². The van der Waals surface area contributed by atoms with Crippen LogP contribution in [-0.4, -0.2) is 44.4 Å². The Bertz CT molecular complexity index is 556. The van der Waals surface area contributed by atoms with E-state index in [-0.39, 0.29) is 6.04 Å². The Morgan fingerprint density at radius 1 is 1.57 bits per heavy atom. The van der Waals surface area contributed by atoms with Crippen LogP contribution in [0.1, 0.15) is 35.7 Å². The number of hydrogen-bond donors (Lipinski definition) is 2. The fourth-order valence-corrected chi connectivity index (χ4v) is 4.96. The van der Waals surface area contributed by atoms with E-state index < -0.39 is 10.2 Å². The summed E-state index contributed by atoms with van der Waals surface area (Å²) in [5.74, 6) is 0.387. The summed E-state index contributed by atoms with van der Waals surface area (Å²) in [6.45, 7) is 5.84. The molecule has 1 aromatic heterocycles. The smallest absolute Gasteiger partial charge is 0.280 e. The zero-order valence-corrected chi connectivity index (χ0v) is 14.4. The van der Waals surface area contributed by atoms with Gasteiger partial charge in [-0.15, -0.1) is 11.3 Å². The van der Waals surface area contributed by atoms with Crippen molar-refractivity contribution >= 4 is 21.5 Å². The Labute approximate surface area is 131 Å². The van der Waals surface area contributed by atoms with Crippen molar-refractivity contribution in [1.82, 2.24) is 19.3 Å². The molecule has 0 saturated carbocycles. The normalized spacial score (nSPS) is 22.3. The molecule has 2 unspecified atom stereocenters. The van der Waals surface area contributed by atoms with E-state index in [9.17, 15) is 8.42 Å². The molecule has 0 radical (unpaired) electrons. The Morgan fingerprint density at radius 2 is 2.33 bits per heavy atom. The minimum absolute atomic E-state index is 0.293. The first-order valence-electron chi connectivity index (χ1n) is 7.26. The summed E-state index contributed by atoms with van der Waals surface area (Å²) < 4.78 is 29.3. The van der Waals surface area contributed by atoms with Crippen LogP contribution in [0.25, 0.3) is 0 Å². The molecule has 8 heteroatoms. The van der Waals surface area contributed by atoms with Crippen LogP contribution >= 0.6 is 11.3 Å². The molecule has 0 spiro atoms. The number of aryl methyl sites for hydroxylation is 1. The average molecular weight is 332 g/mol. The van der Waals surface area contributed by atoms with Gasteiger partial charge in [0.05, 0.1) is 6.04 Å². The first-order valence-corrected chi connectivity index (χ1v) is 9.52. The lowest BCUT2D eigenvalue weighted by Crippen LogP contribution is -2.47. The van der Waals surface area contributed by atoms with E-state index in [1.807, 2.05) is 20.9 Å². The predicted octanol–water partition coefficient (Wildman–Crippen LogP) is 1.28. The van der Waals surface area contributed by atoms with Gasteiger partial charge >= 0.3 is 0 Å². The maximum Gasteiger partial charge on any atom is 0.280 e. The first kappa shape index (κ1) is 16.8. The monoisotopic (exact) mass is 332 g/mol. The quantitative estimate of drug-likeness (QED) is 0.823. The molecular formula is C13H24N4O2S2. The van der Waals surface area contributed by atoms with Gasteiger partial charge < -0.3 is 5.32 Å². The van der Waals surface area contributed by atoms with Crippen LogP contribution in [0.3, 0.4) is 0 Å². The van der Waals surface area contributed by atoms with Crippen LogP contribution in [0.2, 0.25) is 0 Å². The fourth-order valence-electron chi connectivity index (χ4n) is 2.62. The topological polar surface area (TPSA) is 74.3 Å². The minimum atomic E-state index is -3.45. The van der Waals surface area contributed by atoms with Gasteiger partial charge in [-0.3, -0.25) is 0 Å². The van der Waals surface area contributed by atoms with Gasteiger partial charge in [-0.2, -0.15) is 17.4 Å². The van der Waals surface area contributed by atoms with Crippen molar-refractivity contribution in [1.29, 1.82) is 0 Å². The van der Waals surface area contributed by atoms with Crippen molar-refractivity contribution in [2.45, 2.75) is 32.7 Å². The molecule has 2 rings (SSSR count). The van der Waals surface area contributed by atoms with Gasteiger partial charge in [0.25, 0.3) is 10.2 Å². The number of aromatic nitrogens is 1. The van der Waals surface area contributed by atoms with E-state index in [4.69, 9.17) is 0 Å². The summed E-state index contributed by atoms with van der Waals surface area (Å²) >= 11 is 1.53. The largest absolute Gasteiger partial charge is 0.319 e. The molecule has 1 aliphatic rings. The zero-order valence-electron chi connectivity index (χ0n) is 12.8. The summed E-state index contributed by atoms with van der Waals surface area (Å²) in [5, 5.41) is 3.93. The Morgan fingerprint density at radius 3 is 2.95 bits per heavy atom. The van der Waals surface area contributed by atoms with Gasteiger partial charge in [-0.25, -0.2) is 4.98 Å². The Kier molecular flexibility index (Phi) is 5.73. The molecule has 0 amide bonds. The fraction of sp³-hybridized carbons (Fsp3) is 0.769. The number of piperidine rings is 1.